The van der Waals surface area contributed by atoms with Gasteiger partial charge in [-0.15, -0.1) is 0 Å². The molecule has 0 aromatic rings. The molecule has 0 bridgehead atoms. The van der Waals surface area contributed by atoms with E-state index in [0.29, 0.717) is 25.7 Å². The maximum atomic E-state index is 11.7. The number of carboxylic acids is 1. The highest BCUT2D eigenvalue weighted by Crippen LogP contribution is 2.22. The van der Waals surface area contributed by atoms with Crippen LogP contribution in [0.4, 0.5) is 0 Å². The van der Waals surface area contributed by atoms with Crippen LogP contribution in [0, 0.1) is 0 Å². The summed E-state index contributed by atoms with van der Waals surface area (Å²) in [5, 5.41) is 8.65. The third kappa shape index (κ3) is 19.3. The van der Waals surface area contributed by atoms with E-state index >= 15 is 0 Å². The van der Waals surface area contributed by atoms with Crippen LogP contribution in [0.1, 0.15) is 96.8 Å². The molecule has 10 heteroatoms. The lowest BCUT2D eigenvalue weighted by atomic mass is 9.99. The van der Waals surface area contributed by atoms with Gasteiger partial charge in [-0.2, -0.15) is 16.8 Å². The van der Waals surface area contributed by atoms with E-state index in [1.165, 1.54) is 0 Å². The molecule has 1 N–H and O–H groups in total. The Kier molecular flexibility index (Phi) is 15.6. The third-order valence-corrected chi connectivity index (χ3v) is 5.93. The van der Waals surface area contributed by atoms with E-state index in [4.69, 9.17) is 13.5 Å². The Hall–Kier alpha value is -0.710. The normalized spacial score (nSPS) is 14.5. The highest BCUT2D eigenvalue weighted by Gasteiger charge is 2.29. The second-order valence-electron chi connectivity index (χ2n) is 7.93. The van der Waals surface area contributed by atoms with Gasteiger partial charge < -0.3 is 5.11 Å². The van der Waals surface area contributed by atoms with Crippen molar-refractivity contribution in [3.05, 3.63) is 0 Å². The molecule has 180 valence electrons. The van der Waals surface area contributed by atoms with E-state index in [2.05, 4.69) is 6.92 Å². The lowest BCUT2D eigenvalue weighted by molar-refractivity contribution is -0.137. The van der Waals surface area contributed by atoms with Crippen molar-refractivity contribution in [1.82, 2.24) is 0 Å². The van der Waals surface area contributed by atoms with Gasteiger partial charge in [-0.3, -0.25) is 13.2 Å². The summed E-state index contributed by atoms with van der Waals surface area (Å²) >= 11 is 0. The summed E-state index contributed by atoms with van der Waals surface area (Å²) in [6.45, 7) is 2.13. The van der Waals surface area contributed by atoms with E-state index in [9.17, 15) is 21.6 Å². The molecule has 0 rings (SSSR count). The number of aliphatic carboxylic acids is 1. The molecular formula is C20H40O8S2. The average Bonchev–Trinajstić information content (AvgIpc) is 2.59. The molecule has 0 aromatic carbocycles. The fourth-order valence-electron chi connectivity index (χ4n) is 3.32. The molecule has 0 amide bonds. The highest BCUT2D eigenvalue weighted by atomic mass is 32.2. The molecule has 0 saturated heterocycles. The smallest absolute Gasteiger partial charge is 0.303 e. The molecule has 30 heavy (non-hydrogen) atoms. The Morgan fingerprint density at radius 1 is 0.700 bits per heavy atom. The van der Waals surface area contributed by atoms with Crippen LogP contribution in [0.15, 0.2) is 0 Å². The van der Waals surface area contributed by atoms with Crippen molar-refractivity contribution in [3.63, 3.8) is 0 Å². The molecule has 0 spiro atoms. The SMILES string of the molecule is CCCCCCCC[C@@H](OS(C)(=O)=O)[C@H](CCCCCCCC(=O)O)OS(C)(=O)=O. The molecule has 0 unspecified atom stereocenters. The van der Waals surface area contributed by atoms with Crippen molar-refractivity contribution >= 4 is 26.2 Å². The molecule has 0 fully saturated rings. The zero-order chi connectivity index (χ0) is 23.0. The van der Waals surface area contributed by atoms with E-state index in [-0.39, 0.29) is 6.42 Å². The summed E-state index contributed by atoms with van der Waals surface area (Å²) < 4.78 is 57.3. The molecule has 0 aromatic heterocycles. The summed E-state index contributed by atoms with van der Waals surface area (Å²) in [5.74, 6) is -0.813. The van der Waals surface area contributed by atoms with Crippen LogP contribution in [0.5, 0.6) is 0 Å². The van der Waals surface area contributed by atoms with Crippen LogP contribution < -0.4 is 0 Å². The quantitative estimate of drug-likeness (QED) is 0.206. The molecule has 2 atom stereocenters. The highest BCUT2D eigenvalue weighted by molar-refractivity contribution is 7.86. The number of carboxylic acid groups (broad SMARTS) is 1. The topological polar surface area (TPSA) is 124 Å². The first-order valence-electron chi connectivity index (χ1n) is 10.9. The van der Waals surface area contributed by atoms with E-state index in [1.54, 1.807) is 0 Å². The Labute approximate surface area is 183 Å². The third-order valence-electron chi connectivity index (χ3n) is 4.73. The lowest BCUT2D eigenvalue weighted by Gasteiger charge is -2.25. The monoisotopic (exact) mass is 472 g/mol. The molecule has 8 nitrogen and oxygen atoms in total. The Morgan fingerprint density at radius 3 is 1.43 bits per heavy atom. The maximum Gasteiger partial charge on any atom is 0.303 e. The van der Waals surface area contributed by atoms with Gasteiger partial charge in [0.25, 0.3) is 20.2 Å². The van der Waals surface area contributed by atoms with Crippen molar-refractivity contribution in [1.29, 1.82) is 0 Å². The standard InChI is InChI=1S/C20H40O8S2/c1-4-5-6-7-9-12-15-18(27-29(2,23)24)19(28-30(3,25)26)16-13-10-8-11-14-17-20(21)22/h18-19H,4-17H2,1-3H3,(H,21,22)/t18-,19+/m1/s1. The van der Waals surface area contributed by atoms with Gasteiger partial charge in [0.15, 0.2) is 0 Å². The fraction of sp³-hybridized carbons (Fsp3) is 0.950. The first kappa shape index (κ1) is 29.3. The summed E-state index contributed by atoms with van der Waals surface area (Å²) in [4.78, 5) is 10.5. The summed E-state index contributed by atoms with van der Waals surface area (Å²) in [7, 11) is -7.52. The minimum Gasteiger partial charge on any atom is -0.481 e. The predicted molar refractivity (Wildman–Crippen MR) is 117 cm³/mol. The molecule has 0 saturated carbocycles. The number of rotatable bonds is 20. The molecule has 0 heterocycles. The molecular weight excluding hydrogens is 432 g/mol. The van der Waals surface area contributed by atoms with Crippen LogP contribution in [0.2, 0.25) is 0 Å². The Bertz CT molecular complexity index is 658. The largest absolute Gasteiger partial charge is 0.481 e. The van der Waals surface area contributed by atoms with Gasteiger partial charge in [0.2, 0.25) is 0 Å². The number of carbonyl (C=O) groups is 1. The van der Waals surface area contributed by atoms with Crippen LogP contribution >= 0.6 is 0 Å². The van der Waals surface area contributed by atoms with Gasteiger partial charge in [0, 0.05) is 6.42 Å². The first-order valence-corrected chi connectivity index (χ1v) is 14.6. The van der Waals surface area contributed by atoms with Crippen molar-refractivity contribution in [2.45, 2.75) is 109 Å². The maximum absolute atomic E-state index is 11.7. The van der Waals surface area contributed by atoms with Crippen LogP contribution in [0.25, 0.3) is 0 Å². The van der Waals surface area contributed by atoms with Crippen molar-refractivity contribution in [2.24, 2.45) is 0 Å². The minimum absolute atomic E-state index is 0.141. The van der Waals surface area contributed by atoms with Gasteiger partial charge in [-0.05, 0) is 19.3 Å². The number of hydrogen-bond donors (Lipinski definition) is 1. The van der Waals surface area contributed by atoms with Gasteiger partial charge in [0.05, 0.1) is 12.5 Å². The zero-order valence-electron chi connectivity index (χ0n) is 18.7. The molecule has 0 aliphatic heterocycles. The second kappa shape index (κ2) is 16.0. The number of hydrogen-bond acceptors (Lipinski definition) is 7. The van der Waals surface area contributed by atoms with Crippen LogP contribution in [-0.2, 0) is 33.4 Å². The lowest BCUT2D eigenvalue weighted by Crippen LogP contribution is -2.35. The molecule has 0 aliphatic rings. The van der Waals surface area contributed by atoms with Gasteiger partial charge in [-0.1, -0.05) is 71.1 Å². The molecule has 0 radical (unpaired) electrons. The van der Waals surface area contributed by atoms with Gasteiger partial charge in [-0.25, -0.2) is 0 Å². The minimum atomic E-state index is -3.77. The summed E-state index contributed by atoms with van der Waals surface area (Å²) in [5.41, 5.74) is 0. The first-order chi connectivity index (χ1) is 13.9. The fourth-order valence-corrected chi connectivity index (χ4v) is 4.66. The van der Waals surface area contributed by atoms with Gasteiger partial charge in [0.1, 0.15) is 12.2 Å². The van der Waals surface area contributed by atoms with E-state index < -0.39 is 38.4 Å². The average molecular weight is 473 g/mol. The van der Waals surface area contributed by atoms with Gasteiger partial charge >= 0.3 is 5.97 Å². The van der Waals surface area contributed by atoms with Crippen molar-refractivity contribution < 1.29 is 35.1 Å². The Balaban J connectivity index is 4.77. The number of unbranched alkanes of at least 4 members (excludes halogenated alkanes) is 9. The zero-order valence-corrected chi connectivity index (χ0v) is 20.3. The second-order valence-corrected chi connectivity index (χ2v) is 11.1. The van der Waals surface area contributed by atoms with E-state index in [0.717, 1.165) is 70.3 Å². The predicted octanol–water partition coefficient (Wildman–Crippen LogP) is 4.24. The van der Waals surface area contributed by atoms with Crippen molar-refractivity contribution in [3.8, 4) is 0 Å². The Morgan fingerprint density at radius 2 is 1.07 bits per heavy atom. The van der Waals surface area contributed by atoms with Crippen molar-refractivity contribution in [2.75, 3.05) is 12.5 Å². The summed E-state index contributed by atoms with van der Waals surface area (Å²) in [6, 6.07) is 0. The van der Waals surface area contributed by atoms with Crippen LogP contribution in [-0.4, -0.2) is 52.6 Å². The molecule has 0 aliphatic carbocycles. The van der Waals surface area contributed by atoms with E-state index in [1.807, 2.05) is 0 Å². The van der Waals surface area contributed by atoms with Crippen LogP contribution in [0.3, 0.4) is 0 Å². The summed E-state index contributed by atoms with van der Waals surface area (Å²) in [6.07, 6.45) is 10.9.